The van der Waals surface area contributed by atoms with E-state index in [4.69, 9.17) is 4.74 Å². The summed E-state index contributed by atoms with van der Waals surface area (Å²) in [4.78, 5) is 24.9. The highest BCUT2D eigenvalue weighted by Gasteiger charge is 2.23. The van der Waals surface area contributed by atoms with Crippen LogP contribution in [-0.2, 0) is 14.8 Å². The van der Waals surface area contributed by atoms with Gasteiger partial charge in [0, 0.05) is 12.6 Å². The molecule has 0 aliphatic rings. The van der Waals surface area contributed by atoms with E-state index in [1.807, 2.05) is 0 Å². The van der Waals surface area contributed by atoms with Crippen molar-refractivity contribution < 1.29 is 22.7 Å². The SMILES string of the molecule is COC(=O)c1ccccc1NC(=O)c1ccc(C)c(N(C)S(=O)(=O)c2ccccc2)c1. The van der Waals surface area contributed by atoms with Crippen molar-refractivity contribution in [1.82, 2.24) is 0 Å². The Labute approximate surface area is 181 Å². The van der Waals surface area contributed by atoms with Crippen molar-refractivity contribution in [3.8, 4) is 0 Å². The van der Waals surface area contributed by atoms with Gasteiger partial charge in [0.2, 0.25) is 0 Å². The average Bonchev–Trinajstić information content (AvgIpc) is 2.79. The summed E-state index contributed by atoms with van der Waals surface area (Å²) in [6, 6.07) is 19.3. The Morgan fingerprint density at radius 3 is 2.26 bits per heavy atom. The van der Waals surface area contributed by atoms with E-state index in [1.165, 1.54) is 32.4 Å². The van der Waals surface area contributed by atoms with Crippen LogP contribution in [0.3, 0.4) is 0 Å². The van der Waals surface area contributed by atoms with Crippen LogP contribution < -0.4 is 9.62 Å². The molecule has 3 rings (SSSR count). The van der Waals surface area contributed by atoms with E-state index in [2.05, 4.69) is 5.32 Å². The number of amides is 1. The van der Waals surface area contributed by atoms with E-state index < -0.39 is 21.9 Å². The van der Waals surface area contributed by atoms with E-state index in [1.54, 1.807) is 61.5 Å². The van der Waals surface area contributed by atoms with Crippen LogP contribution >= 0.6 is 0 Å². The summed E-state index contributed by atoms with van der Waals surface area (Å²) >= 11 is 0. The van der Waals surface area contributed by atoms with Crippen LogP contribution in [0.25, 0.3) is 0 Å². The fourth-order valence-corrected chi connectivity index (χ4v) is 4.32. The predicted molar refractivity (Wildman–Crippen MR) is 119 cm³/mol. The summed E-state index contributed by atoms with van der Waals surface area (Å²) in [6.07, 6.45) is 0. The Balaban J connectivity index is 1.93. The number of nitrogens with zero attached hydrogens (tertiary/aromatic N) is 1. The Hall–Kier alpha value is -3.65. The van der Waals surface area contributed by atoms with Crippen LogP contribution in [0.5, 0.6) is 0 Å². The van der Waals surface area contributed by atoms with Crippen LogP contribution in [0.1, 0.15) is 26.3 Å². The lowest BCUT2D eigenvalue weighted by atomic mass is 10.1. The molecule has 3 aromatic rings. The van der Waals surface area contributed by atoms with Gasteiger partial charge in [-0.3, -0.25) is 9.10 Å². The second-order valence-corrected chi connectivity index (χ2v) is 8.75. The second-order valence-electron chi connectivity index (χ2n) is 6.78. The molecule has 0 aromatic heterocycles. The molecular weight excluding hydrogens is 416 g/mol. The number of anilines is 2. The molecular formula is C23H22N2O5S. The molecule has 31 heavy (non-hydrogen) atoms. The van der Waals surface area contributed by atoms with Crippen molar-refractivity contribution in [3.63, 3.8) is 0 Å². The van der Waals surface area contributed by atoms with Gasteiger partial charge in [-0.25, -0.2) is 13.2 Å². The second kappa shape index (κ2) is 9.01. The first-order chi connectivity index (χ1) is 14.8. The maximum absolute atomic E-state index is 13.0. The van der Waals surface area contributed by atoms with Crippen molar-refractivity contribution in [3.05, 3.63) is 89.5 Å². The number of benzene rings is 3. The lowest BCUT2D eigenvalue weighted by molar-refractivity contribution is 0.0602. The van der Waals surface area contributed by atoms with E-state index in [0.717, 1.165) is 4.31 Å². The predicted octanol–water partition coefficient (Wildman–Crippen LogP) is 3.86. The van der Waals surface area contributed by atoms with E-state index in [0.29, 0.717) is 16.9 Å². The van der Waals surface area contributed by atoms with E-state index in [-0.39, 0.29) is 16.0 Å². The summed E-state index contributed by atoms with van der Waals surface area (Å²) in [5.41, 5.74) is 1.82. The number of hydrogen-bond donors (Lipinski definition) is 1. The molecule has 0 aliphatic carbocycles. The van der Waals surface area contributed by atoms with Crippen LogP contribution in [-0.4, -0.2) is 34.5 Å². The minimum Gasteiger partial charge on any atom is -0.465 e. The number of sulfonamides is 1. The molecule has 0 atom stereocenters. The number of carbonyl (C=O) groups excluding carboxylic acids is 2. The van der Waals surface area contributed by atoms with Gasteiger partial charge >= 0.3 is 5.97 Å². The smallest absolute Gasteiger partial charge is 0.339 e. The van der Waals surface area contributed by atoms with Gasteiger partial charge in [0.15, 0.2) is 0 Å². The van der Waals surface area contributed by atoms with Crippen LogP contribution in [0, 0.1) is 6.92 Å². The number of methoxy groups -OCH3 is 1. The maximum atomic E-state index is 13.0. The van der Waals surface area contributed by atoms with Gasteiger partial charge in [-0.05, 0) is 48.9 Å². The Kier molecular flexibility index (Phi) is 6.41. The Bertz CT molecular complexity index is 1220. The highest BCUT2D eigenvalue weighted by molar-refractivity contribution is 7.92. The minimum atomic E-state index is -3.80. The van der Waals surface area contributed by atoms with Gasteiger partial charge in [0.1, 0.15) is 0 Å². The Morgan fingerprint density at radius 2 is 1.58 bits per heavy atom. The van der Waals surface area contributed by atoms with Gasteiger partial charge in [-0.2, -0.15) is 0 Å². The molecule has 0 saturated carbocycles. The molecule has 1 N–H and O–H groups in total. The van der Waals surface area contributed by atoms with Gasteiger partial charge in [-0.1, -0.05) is 36.4 Å². The molecule has 3 aromatic carbocycles. The molecule has 0 spiro atoms. The van der Waals surface area contributed by atoms with Gasteiger partial charge in [0.05, 0.1) is 28.9 Å². The van der Waals surface area contributed by atoms with E-state index in [9.17, 15) is 18.0 Å². The Morgan fingerprint density at radius 1 is 0.935 bits per heavy atom. The first kappa shape index (κ1) is 22.0. The fourth-order valence-electron chi connectivity index (χ4n) is 3.04. The standard InChI is InChI=1S/C23H22N2O5S/c1-16-13-14-17(22(26)24-20-12-8-7-11-19(20)23(27)30-3)15-21(16)25(2)31(28,29)18-9-5-4-6-10-18/h4-15H,1-3H3,(H,24,26). The lowest BCUT2D eigenvalue weighted by Crippen LogP contribution is -2.27. The molecule has 8 heteroatoms. The van der Waals surface area contributed by atoms with Gasteiger partial charge in [0.25, 0.3) is 15.9 Å². The number of nitrogens with one attached hydrogen (secondary N) is 1. The summed E-state index contributed by atoms with van der Waals surface area (Å²) in [7, 11) is -1.09. The van der Waals surface area contributed by atoms with Crippen molar-refractivity contribution >= 4 is 33.3 Å². The number of esters is 1. The molecule has 0 heterocycles. The number of para-hydroxylation sites is 1. The number of aryl methyl sites for hydroxylation is 1. The summed E-state index contributed by atoms with van der Waals surface area (Å²) < 4.78 is 31.9. The number of rotatable bonds is 6. The van der Waals surface area contributed by atoms with Crippen LogP contribution in [0.15, 0.2) is 77.7 Å². The summed E-state index contributed by atoms with van der Waals surface area (Å²) in [5.74, 6) is -1.06. The van der Waals surface area contributed by atoms with Gasteiger partial charge in [-0.15, -0.1) is 0 Å². The summed E-state index contributed by atoms with van der Waals surface area (Å²) in [5, 5.41) is 2.69. The zero-order chi connectivity index (χ0) is 22.6. The van der Waals surface area contributed by atoms with Crippen molar-refractivity contribution in [1.29, 1.82) is 0 Å². The number of carbonyl (C=O) groups is 2. The molecule has 1 amide bonds. The summed E-state index contributed by atoms with van der Waals surface area (Å²) in [6.45, 7) is 1.76. The molecule has 7 nitrogen and oxygen atoms in total. The first-order valence-electron chi connectivity index (χ1n) is 9.39. The topological polar surface area (TPSA) is 92.8 Å². The molecule has 0 fully saturated rings. The quantitative estimate of drug-likeness (QED) is 0.590. The number of hydrogen-bond acceptors (Lipinski definition) is 5. The molecule has 0 saturated heterocycles. The third-order valence-corrected chi connectivity index (χ3v) is 6.58. The van der Waals surface area contributed by atoms with Crippen molar-refractivity contribution in [2.75, 3.05) is 23.8 Å². The van der Waals surface area contributed by atoms with Crippen LogP contribution in [0.4, 0.5) is 11.4 Å². The van der Waals surface area contributed by atoms with Crippen LogP contribution in [0.2, 0.25) is 0 Å². The zero-order valence-corrected chi connectivity index (χ0v) is 18.1. The third kappa shape index (κ3) is 4.59. The third-order valence-electron chi connectivity index (χ3n) is 4.79. The van der Waals surface area contributed by atoms with Crippen molar-refractivity contribution in [2.45, 2.75) is 11.8 Å². The molecule has 0 radical (unpaired) electrons. The van der Waals surface area contributed by atoms with E-state index >= 15 is 0 Å². The average molecular weight is 439 g/mol. The molecule has 0 bridgehead atoms. The molecule has 0 aliphatic heterocycles. The molecule has 160 valence electrons. The molecule has 0 unspecified atom stereocenters. The fraction of sp³-hybridized carbons (Fsp3) is 0.130. The normalized spacial score (nSPS) is 10.9. The largest absolute Gasteiger partial charge is 0.465 e. The highest BCUT2D eigenvalue weighted by atomic mass is 32.2. The number of ether oxygens (including phenoxy) is 1. The monoisotopic (exact) mass is 438 g/mol. The highest BCUT2D eigenvalue weighted by Crippen LogP contribution is 2.27. The minimum absolute atomic E-state index is 0.152. The maximum Gasteiger partial charge on any atom is 0.339 e. The van der Waals surface area contributed by atoms with Gasteiger partial charge < -0.3 is 10.1 Å². The lowest BCUT2D eigenvalue weighted by Gasteiger charge is -2.22. The first-order valence-corrected chi connectivity index (χ1v) is 10.8. The zero-order valence-electron chi connectivity index (χ0n) is 17.3. The van der Waals surface area contributed by atoms with Crippen molar-refractivity contribution in [2.24, 2.45) is 0 Å².